The summed E-state index contributed by atoms with van der Waals surface area (Å²) in [5.74, 6) is 0.560. The summed E-state index contributed by atoms with van der Waals surface area (Å²) in [6.45, 7) is 5.76. The van der Waals surface area contributed by atoms with Crippen molar-refractivity contribution in [1.29, 1.82) is 0 Å². The van der Waals surface area contributed by atoms with Crippen LogP contribution in [0.1, 0.15) is 18.9 Å². The van der Waals surface area contributed by atoms with Gasteiger partial charge in [-0.15, -0.1) is 0 Å². The third-order valence-corrected chi connectivity index (χ3v) is 5.07. The van der Waals surface area contributed by atoms with Crippen molar-refractivity contribution in [2.75, 3.05) is 45.9 Å². The lowest BCUT2D eigenvalue weighted by Crippen LogP contribution is -2.52. The zero-order valence-corrected chi connectivity index (χ0v) is 17.7. The van der Waals surface area contributed by atoms with Crippen LogP contribution in [0.4, 0.5) is 13.2 Å². The fraction of sp³-hybridized carbons (Fsp3) is 0.632. The molecule has 28 heavy (non-hydrogen) atoms. The van der Waals surface area contributed by atoms with Gasteiger partial charge in [0.15, 0.2) is 6.10 Å². The van der Waals surface area contributed by atoms with Crippen LogP contribution < -0.4 is 4.74 Å². The van der Waals surface area contributed by atoms with Crippen LogP contribution in [0.15, 0.2) is 22.7 Å². The number of halogens is 4. The Morgan fingerprint density at radius 3 is 2.54 bits per heavy atom. The zero-order valence-electron chi connectivity index (χ0n) is 16.1. The predicted molar refractivity (Wildman–Crippen MR) is 103 cm³/mol. The fourth-order valence-corrected chi connectivity index (χ4v) is 3.56. The zero-order chi connectivity index (χ0) is 20.7. The van der Waals surface area contributed by atoms with Crippen molar-refractivity contribution in [1.82, 2.24) is 9.80 Å². The Labute approximate surface area is 171 Å². The molecule has 0 saturated carbocycles. The standard InChI is InChI=1S/C19H26BrF3N2O3/c1-14-4-5-17(16(20)12-14)28-15(2)18(26)25-9-7-24(8-10-25)6-3-11-27-13-19(21,22)23/h4-5,12,15H,3,6-11,13H2,1-2H3. The quantitative estimate of drug-likeness (QED) is 0.548. The van der Waals surface area contributed by atoms with Crippen LogP contribution in [0.25, 0.3) is 0 Å². The van der Waals surface area contributed by atoms with Crippen LogP contribution in [0.2, 0.25) is 0 Å². The van der Waals surface area contributed by atoms with Gasteiger partial charge in [0.25, 0.3) is 5.91 Å². The SMILES string of the molecule is Cc1ccc(OC(C)C(=O)N2CCN(CCCOCC(F)(F)F)CC2)c(Br)c1. The summed E-state index contributed by atoms with van der Waals surface area (Å²) in [7, 11) is 0. The van der Waals surface area contributed by atoms with Gasteiger partial charge in [0.2, 0.25) is 0 Å². The minimum atomic E-state index is -4.28. The molecule has 9 heteroatoms. The van der Waals surface area contributed by atoms with E-state index in [-0.39, 0.29) is 12.5 Å². The molecule has 1 fully saturated rings. The highest BCUT2D eigenvalue weighted by molar-refractivity contribution is 9.10. The van der Waals surface area contributed by atoms with Crippen molar-refractivity contribution in [3.8, 4) is 5.75 Å². The first kappa shape index (κ1) is 23.0. The third kappa shape index (κ3) is 7.60. The van der Waals surface area contributed by atoms with Crippen molar-refractivity contribution in [3.63, 3.8) is 0 Å². The van der Waals surface area contributed by atoms with Crippen molar-refractivity contribution >= 4 is 21.8 Å². The maximum Gasteiger partial charge on any atom is 0.411 e. The fourth-order valence-electron chi connectivity index (χ4n) is 2.97. The van der Waals surface area contributed by atoms with Crippen LogP contribution in [0.5, 0.6) is 5.75 Å². The molecule has 1 atom stereocenters. The maximum absolute atomic E-state index is 12.6. The summed E-state index contributed by atoms with van der Waals surface area (Å²) in [6.07, 6.45) is -4.34. The Morgan fingerprint density at radius 1 is 1.25 bits per heavy atom. The second kappa shape index (κ2) is 10.5. The van der Waals surface area contributed by atoms with Gasteiger partial charge in [-0.3, -0.25) is 9.69 Å². The van der Waals surface area contributed by atoms with Crippen LogP contribution in [0, 0.1) is 6.92 Å². The number of carbonyl (C=O) groups excluding carboxylic acids is 1. The first-order chi connectivity index (χ1) is 13.2. The molecule has 0 aromatic heterocycles. The normalized spacial score (nSPS) is 16.9. The van der Waals surface area contributed by atoms with Gasteiger partial charge in [-0.1, -0.05) is 6.07 Å². The van der Waals surface area contributed by atoms with Crippen LogP contribution >= 0.6 is 15.9 Å². The summed E-state index contributed by atoms with van der Waals surface area (Å²) < 4.78 is 47.3. The molecule has 1 aliphatic rings. The van der Waals surface area contributed by atoms with E-state index in [2.05, 4.69) is 25.6 Å². The highest BCUT2D eigenvalue weighted by atomic mass is 79.9. The van der Waals surface area contributed by atoms with E-state index < -0.39 is 18.9 Å². The van der Waals surface area contributed by atoms with E-state index in [9.17, 15) is 18.0 Å². The Hall–Kier alpha value is -1.32. The van der Waals surface area contributed by atoms with Crippen molar-refractivity contribution in [3.05, 3.63) is 28.2 Å². The average Bonchev–Trinajstić information content (AvgIpc) is 2.62. The molecule has 1 unspecified atom stereocenters. The van der Waals surface area contributed by atoms with Gasteiger partial charge in [0.1, 0.15) is 12.4 Å². The summed E-state index contributed by atoms with van der Waals surface area (Å²) >= 11 is 3.45. The number of rotatable bonds is 8. The van der Waals surface area contributed by atoms with E-state index in [1.54, 1.807) is 11.8 Å². The van der Waals surface area contributed by atoms with E-state index in [0.29, 0.717) is 44.9 Å². The van der Waals surface area contributed by atoms with Gasteiger partial charge in [0, 0.05) is 39.3 Å². The Kier molecular flexibility index (Phi) is 8.57. The number of benzene rings is 1. The molecular formula is C19H26BrF3N2O3. The summed E-state index contributed by atoms with van der Waals surface area (Å²) in [6, 6.07) is 5.69. The summed E-state index contributed by atoms with van der Waals surface area (Å²) in [5.41, 5.74) is 1.10. The molecule has 2 rings (SSSR count). The lowest BCUT2D eigenvalue weighted by molar-refractivity contribution is -0.174. The molecule has 0 aliphatic carbocycles. The Balaban J connectivity index is 1.69. The third-order valence-electron chi connectivity index (χ3n) is 4.45. The van der Waals surface area contributed by atoms with Gasteiger partial charge < -0.3 is 14.4 Å². The lowest BCUT2D eigenvalue weighted by atomic mass is 10.2. The van der Waals surface area contributed by atoms with E-state index in [1.807, 2.05) is 25.1 Å². The number of aryl methyl sites for hydroxylation is 1. The molecule has 158 valence electrons. The van der Waals surface area contributed by atoms with Gasteiger partial charge in [-0.25, -0.2) is 0 Å². The lowest BCUT2D eigenvalue weighted by Gasteiger charge is -2.35. The summed E-state index contributed by atoms with van der Waals surface area (Å²) in [5, 5.41) is 0. The second-order valence-corrected chi connectivity index (χ2v) is 7.74. The number of hydrogen-bond acceptors (Lipinski definition) is 4. The first-order valence-corrected chi connectivity index (χ1v) is 10.0. The van der Waals surface area contributed by atoms with E-state index in [0.717, 1.165) is 10.0 Å². The second-order valence-electron chi connectivity index (χ2n) is 6.88. The number of ether oxygens (including phenoxy) is 2. The predicted octanol–water partition coefficient (Wildman–Crippen LogP) is 3.64. The summed E-state index contributed by atoms with van der Waals surface area (Å²) in [4.78, 5) is 16.5. The van der Waals surface area contributed by atoms with Gasteiger partial charge in [0.05, 0.1) is 4.47 Å². The molecule has 0 bridgehead atoms. The highest BCUT2D eigenvalue weighted by Crippen LogP contribution is 2.27. The minimum absolute atomic E-state index is 0.0689. The largest absolute Gasteiger partial charge is 0.480 e. The number of carbonyl (C=O) groups is 1. The molecule has 1 aliphatic heterocycles. The Bertz CT molecular complexity index is 650. The number of nitrogens with zero attached hydrogens (tertiary/aromatic N) is 2. The van der Waals surface area contributed by atoms with Crippen molar-refractivity contribution in [2.24, 2.45) is 0 Å². The molecule has 0 spiro atoms. The number of amides is 1. The van der Waals surface area contributed by atoms with Crippen LogP contribution in [-0.2, 0) is 9.53 Å². The molecule has 1 saturated heterocycles. The first-order valence-electron chi connectivity index (χ1n) is 9.24. The monoisotopic (exact) mass is 466 g/mol. The van der Waals surface area contributed by atoms with Gasteiger partial charge in [-0.05, 0) is 53.9 Å². The number of hydrogen-bond donors (Lipinski definition) is 0. The number of alkyl halides is 3. The van der Waals surface area contributed by atoms with Crippen molar-refractivity contribution in [2.45, 2.75) is 32.5 Å². The molecule has 1 heterocycles. The van der Waals surface area contributed by atoms with Crippen molar-refractivity contribution < 1.29 is 27.4 Å². The molecule has 5 nitrogen and oxygen atoms in total. The molecular weight excluding hydrogens is 441 g/mol. The van der Waals surface area contributed by atoms with E-state index >= 15 is 0 Å². The molecule has 0 N–H and O–H groups in total. The smallest absolute Gasteiger partial charge is 0.411 e. The highest BCUT2D eigenvalue weighted by Gasteiger charge is 2.28. The minimum Gasteiger partial charge on any atom is -0.480 e. The molecule has 0 radical (unpaired) electrons. The Morgan fingerprint density at radius 2 is 1.93 bits per heavy atom. The van der Waals surface area contributed by atoms with E-state index in [4.69, 9.17) is 4.74 Å². The van der Waals surface area contributed by atoms with Crippen LogP contribution in [0.3, 0.4) is 0 Å². The van der Waals surface area contributed by atoms with E-state index in [1.165, 1.54) is 0 Å². The van der Waals surface area contributed by atoms with Gasteiger partial charge >= 0.3 is 6.18 Å². The van der Waals surface area contributed by atoms with Crippen LogP contribution in [-0.4, -0.2) is 73.9 Å². The van der Waals surface area contributed by atoms with Gasteiger partial charge in [-0.2, -0.15) is 13.2 Å². The maximum atomic E-state index is 12.6. The molecule has 1 amide bonds. The average molecular weight is 467 g/mol. The molecule has 1 aromatic carbocycles. The molecule has 1 aromatic rings. The number of piperazine rings is 1. The topological polar surface area (TPSA) is 42.0 Å².